The van der Waals surface area contributed by atoms with Gasteiger partial charge < -0.3 is 9.64 Å². The van der Waals surface area contributed by atoms with E-state index >= 15 is 0 Å². The Balaban J connectivity index is 1.66. The molecule has 7 heteroatoms. The molecule has 1 saturated heterocycles. The highest BCUT2D eigenvalue weighted by Gasteiger charge is 2.30. The van der Waals surface area contributed by atoms with Gasteiger partial charge in [0, 0.05) is 38.9 Å². The first kappa shape index (κ1) is 21.5. The zero-order valence-corrected chi connectivity index (χ0v) is 18.0. The monoisotopic (exact) mass is 416 g/mol. The van der Waals surface area contributed by atoms with E-state index < -0.39 is 10.0 Å². The first-order valence-corrected chi connectivity index (χ1v) is 11.2. The Bertz CT molecular complexity index is 947. The molecule has 2 aromatic rings. The van der Waals surface area contributed by atoms with E-state index in [1.165, 1.54) is 4.31 Å². The largest absolute Gasteiger partial charge is 0.380 e. The van der Waals surface area contributed by atoms with Crippen LogP contribution < -0.4 is 0 Å². The van der Waals surface area contributed by atoms with Gasteiger partial charge in [0.05, 0.1) is 11.5 Å². The summed E-state index contributed by atoms with van der Waals surface area (Å²) in [5.74, 6) is 0.269. The van der Waals surface area contributed by atoms with E-state index in [-0.39, 0.29) is 19.0 Å². The summed E-state index contributed by atoms with van der Waals surface area (Å²) in [6.45, 7) is 5.92. The lowest BCUT2D eigenvalue weighted by molar-refractivity contribution is 0.0697. The summed E-state index contributed by atoms with van der Waals surface area (Å²) in [7, 11) is -1.94. The Morgan fingerprint density at radius 1 is 1.03 bits per heavy atom. The molecule has 0 bridgehead atoms. The number of benzene rings is 2. The summed E-state index contributed by atoms with van der Waals surface area (Å²) in [5.41, 5.74) is 2.64. The van der Waals surface area contributed by atoms with E-state index in [2.05, 4.69) is 13.8 Å². The van der Waals surface area contributed by atoms with E-state index in [1.807, 2.05) is 30.3 Å². The normalized spacial score (nSPS) is 15.7. The van der Waals surface area contributed by atoms with Crippen molar-refractivity contribution in [1.82, 2.24) is 9.21 Å². The van der Waals surface area contributed by atoms with Crippen molar-refractivity contribution in [1.29, 1.82) is 0 Å². The Morgan fingerprint density at radius 2 is 1.69 bits per heavy atom. The maximum atomic E-state index is 12.9. The number of hydrogen-bond acceptors (Lipinski definition) is 4. The maximum absolute atomic E-state index is 12.9. The molecule has 1 heterocycles. The molecule has 0 radical (unpaired) electrons. The predicted octanol–water partition coefficient (Wildman–Crippen LogP) is 3.10. The number of piperazine rings is 1. The van der Waals surface area contributed by atoms with Crippen LogP contribution in [-0.4, -0.2) is 56.8 Å². The lowest BCUT2D eigenvalue weighted by Gasteiger charge is -2.34. The molecule has 0 aliphatic carbocycles. The van der Waals surface area contributed by atoms with Gasteiger partial charge >= 0.3 is 0 Å². The van der Waals surface area contributed by atoms with Crippen LogP contribution in [0.2, 0.25) is 0 Å². The second-order valence-corrected chi connectivity index (χ2v) is 9.49. The third kappa shape index (κ3) is 4.86. The molecule has 1 aliphatic heterocycles. The molecule has 0 unspecified atom stereocenters. The van der Waals surface area contributed by atoms with Crippen LogP contribution in [0.4, 0.5) is 0 Å². The van der Waals surface area contributed by atoms with Crippen molar-refractivity contribution < 1.29 is 17.9 Å². The third-order valence-corrected chi connectivity index (χ3v) is 7.11. The second-order valence-electron chi connectivity index (χ2n) is 7.55. The topological polar surface area (TPSA) is 66.9 Å². The average molecular weight is 417 g/mol. The van der Waals surface area contributed by atoms with Gasteiger partial charge in [-0.05, 0) is 41.3 Å². The van der Waals surface area contributed by atoms with Gasteiger partial charge in [0.15, 0.2) is 0 Å². The molecule has 1 fully saturated rings. The number of carbonyl (C=O) groups excluding carboxylic acids is 1. The van der Waals surface area contributed by atoms with Crippen LogP contribution in [0.1, 0.15) is 41.3 Å². The lowest BCUT2D eigenvalue weighted by atomic mass is 10.0. The molecule has 29 heavy (non-hydrogen) atoms. The fraction of sp³-hybridized carbons (Fsp3) is 0.409. The van der Waals surface area contributed by atoms with E-state index in [0.717, 1.165) is 11.1 Å². The highest BCUT2D eigenvalue weighted by Crippen LogP contribution is 2.22. The zero-order valence-electron chi connectivity index (χ0n) is 17.2. The zero-order chi connectivity index (χ0) is 21.0. The highest BCUT2D eigenvalue weighted by atomic mass is 32.2. The number of hydrogen-bond donors (Lipinski definition) is 0. The first-order valence-electron chi connectivity index (χ1n) is 9.80. The summed E-state index contributed by atoms with van der Waals surface area (Å²) >= 11 is 0. The second kappa shape index (κ2) is 9.07. The van der Waals surface area contributed by atoms with Gasteiger partial charge in [0.1, 0.15) is 0 Å². The minimum absolute atomic E-state index is 0.0821. The van der Waals surface area contributed by atoms with Gasteiger partial charge in [-0.25, -0.2) is 8.42 Å². The minimum atomic E-state index is -3.55. The number of carbonyl (C=O) groups is 1. The van der Waals surface area contributed by atoms with Gasteiger partial charge in [0.25, 0.3) is 5.91 Å². The molecular formula is C22H28N2O4S. The van der Waals surface area contributed by atoms with Gasteiger partial charge in [-0.15, -0.1) is 0 Å². The molecule has 0 spiro atoms. The number of nitrogens with zero attached hydrogens (tertiary/aromatic N) is 2. The first-order chi connectivity index (χ1) is 13.8. The molecule has 2 aromatic carbocycles. The van der Waals surface area contributed by atoms with Crippen LogP contribution in [0.5, 0.6) is 0 Å². The summed E-state index contributed by atoms with van der Waals surface area (Å²) in [5, 5.41) is 0. The number of ether oxygens (including phenoxy) is 1. The molecule has 1 amide bonds. The van der Waals surface area contributed by atoms with Crippen molar-refractivity contribution in [3.05, 3.63) is 65.2 Å². The van der Waals surface area contributed by atoms with Crippen molar-refractivity contribution >= 4 is 15.9 Å². The fourth-order valence-corrected chi connectivity index (χ4v) is 4.87. The number of rotatable bonds is 6. The van der Waals surface area contributed by atoms with Crippen LogP contribution in [0.15, 0.2) is 53.4 Å². The lowest BCUT2D eigenvalue weighted by Crippen LogP contribution is -2.50. The highest BCUT2D eigenvalue weighted by molar-refractivity contribution is 7.89. The third-order valence-electron chi connectivity index (χ3n) is 5.20. The molecular weight excluding hydrogens is 388 g/mol. The van der Waals surface area contributed by atoms with Crippen LogP contribution in [0.3, 0.4) is 0 Å². The van der Waals surface area contributed by atoms with Gasteiger partial charge in [-0.1, -0.05) is 38.1 Å². The Hall–Kier alpha value is -2.22. The number of methoxy groups -OCH3 is 1. The summed E-state index contributed by atoms with van der Waals surface area (Å²) < 4.78 is 32.5. The van der Waals surface area contributed by atoms with E-state index in [4.69, 9.17) is 4.74 Å². The molecule has 0 N–H and O–H groups in total. The van der Waals surface area contributed by atoms with Crippen LogP contribution in [-0.2, 0) is 21.4 Å². The number of sulfonamides is 1. The summed E-state index contributed by atoms with van der Waals surface area (Å²) in [6.07, 6.45) is 0. The van der Waals surface area contributed by atoms with E-state index in [0.29, 0.717) is 36.1 Å². The van der Waals surface area contributed by atoms with Crippen molar-refractivity contribution in [3.63, 3.8) is 0 Å². The summed E-state index contributed by atoms with van der Waals surface area (Å²) in [4.78, 5) is 14.8. The Morgan fingerprint density at radius 3 is 2.28 bits per heavy atom. The Labute approximate surface area is 173 Å². The smallest absolute Gasteiger partial charge is 0.253 e. The van der Waals surface area contributed by atoms with E-state index in [1.54, 1.807) is 30.2 Å². The minimum Gasteiger partial charge on any atom is -0.380 e. The average Bonchev–Trinajstić information content (AvgIpc) is 2.74. The molecule has 1 aliphatic rings. The fourth-order valence-electron chi connectivity index (χ4n) is 3.45. The molecule has 0 atom stereocenters. The van der Waals surface area contributed by atoms with E-state index in [9.17, 15) is 13.2 Å². The van der Waals surface area contributed by atoms with Gasteiger partial charge in [0.2, 0.25) is 10.0 Å². The van der Waals surface area contributed by atoms with Gasteiger partial charge in [-0.3, -0.25) is 4.79 Å². The SMILES string of the molecule is COCc1cccc(C(=O)N2CCN(S(=O)(=O)c3ccc(C(C)C)cc3)CC2)c1. The van der Waals surface area contributed by atoms with Crippen LogP contribution in [0, 0.1) is 0 Å². The van der Waals surface area contributed by atoms with Crippen molar-refractivity contribution in [2.45, 2.75) is 31.3 Å². The van der Waals surface area contributed by atoms with Crippen molar-refractivity contribution in [2.24, 2.45) is 0 Å². The molecule has 3 rings (SSSR count). The predicted molar refractivity (Wildman–Crippen MR) is 112 cm³/mol. The standard InChI is InChI=1S/C22H28N2O4S/c1-17(2)19-7-9-21(10-8-19)29(26,27)24-13-11-23(12-14-24)22(25)20-6-4-5-18(15-20)16-28-3/h4-10,15,17H,11-14,16H2,1-3H3. The van der Waals surface area contributed by atoms with Crippen LogP contribution >= 0.6 is 0 Å². The maximum Gasteiger partial charge on any atom is 0.253 e. The van der Waals surface area contributed by atoms with Crippen molar-refractivity contribution in [3.8, 4) is 0 Å². The number of amides is 1. The van der Waals surface area contributed by atoms with Gasteiger partial charge in [-0.2, -0.15) is 4.31 Å². The van der Waals surface area contributed by atoms with Crippen LogP contribution in [0.25, 0.3) is 0 Å². The molecule has 6 nitrogen and oxygen atoms in total. The van der Waals surface area contributed by atoms with Crippen molar-refractivity contribution in [2.75, 3.05) is 33.3 Å². The Kier molecular flexibility index (Phi) is 6.72. The quantitative estimate of drug-likeness (QED) is 0.726. The molecule has 0 aromatic heterocycles. The summed E-state index contributed by atoms with van der Waals surface area (Å²) in [6, 6.07) is 14.4. The molecule has 156 valence electrons. The molecule has 0 saturated carbocycles.